The number of carbonyl (C=O) groups is 1. The Morgan fingerprint density at radius 1 is 1.35 bits per heavy atom. The third-order valence-corrected chi connectivity index (χ3v) is 3.18. The van der Waals surface area contributed by atoms with Crippen molar-refractivity contribution in [2.75, 3.05) is 25.5 Å². The van der Waals surface area contributed by atoms with Gasteiger partial charge < -0.3 is 10.4 Å². The van der Waals surface area contributed by atoms with Crippen LogP contribution in [0.3, 0.4) is 0 Å². The number of amides is 1. The van der Waals surface area contributed by atoms with Gasteiger partial charge in [0.25, 0.3) is 0 Å². The van der Waals surface area contributed by atoms with Gasteiger partial charge in [-0.15, -0.1) is 0 Å². The number of hydrogen-bond acceptors (Lipinski definition) is 3. The van der Waals surface area contributed by atoms with Gasteiger partial charge in [-0.3, -0.25) is 9.69 Å². The van der Waals surface area contributed by atoms with Crippen molar-refractivity contribution in [1.82, 2.24) is 4.90 Å². The van der Waals surface area contributed by atoms with Crippen molar-refractivity contribution >= 4 is 11.6 Å². The van der Waals surface area contributed by atoms with E-state index in [-0.39, 0.29) is 12.0 Å². The van der Waals surface area contributed by atoms with E-state index in [0.29, 0.717) is 25.4 Å². The second-order valence-corrected chi connectivity index (χ2v) is 5.70. The molecule has 4 heteroatoms. The number of likely N-dealkylation sites (N-methyl/N-ethyl adjacent to an activating group) is 1. The molecule has 112 valence electrons. The Morgan fingerprint density at radius 3 is 2.65 bits per heavy atom. The number of nitrogens with zero attached hydrogens (tertiary/aromatic N) is 1. The lowest BCUT2D eigenvalue weighted by Gasteiger charge is -2.17. The molecule has 1 aromatic rings. The van der Waals surface area contributed by atoms with Crippen molar-refractivity contribution < 1.29 is 9.90 Å². The van der Waals surface area contributed by atoms with Crippen LogP contribution in [0.4, 0.5) is 5.69 Å². The van der Waals surface area contributed by atoms with Gasteiger partial charge in [0, 0.05) is 12.2 Å². The fourth-order valence-electron chi connectivity index (χ4n) is 1.91. The van der Waals surface area contributed by atoms with Crippen molar-refractivity contribution in [2.24, 2.45) is 0 Å². The smallest absolute Gasteiger partial charge is 0.238 e. The third-order valence-electron chi connectivity index (χ3n) is 3.18. The lowest BCUT2D eigenvalue weighted by atomic mass is 10.0. The van der Waals surface area contributed by atoms with Gasteiger partial charge >= 0.3 is 0 Å². The Morgan fingerprint density at radius 2 is 2.05 bits per heavy atom. The molecular weight excluding hydrogens is 252 g/mol. The van der Waals surface area contributed by atoms with E-state index in [0.717, 1.165) is 5.69 Å². The Bertz CT molecular complexity index is 430. The highest BCUT2D eigenvalue weighted by Crippen LogP contribution is 2.18. The molecule has 0 spiro atoms. The first-order valence-electron chi connectivity index (χ1n) is 7.15. The molecule has 2 N–H and O–H groups in total. The minimum atomic E-state index is -0.330. The molecule has 1 rings (SSSR count). The van der Waals surface area contributed by atoms with E-state index in [1.165, 1.54) is 5.56 Å². The largest absolute Gasteiger partial charge is 0.393 e. The van der Waals surface area contributed by atoms with Crippen LogP contribution in [0.25, 0.3) is 0 Å². The second kappa shape index (κ2) is 8.02. The minimum absolute atomic E-state index is 0.0287. The minimum Gasteiger partial charge on any atom is -0.393 e. The summed E-state index contributed by atoms with van der Waals surface area (Å²) in [4.78, 5) is 13.8. The van der Waals surface area contributed by atoms with Crippen molar-refractivity contribution in [1.29, 1.82) is 0 Å². The van der Waals surface area contributed by atoms with Crippen LogP contribution < -0.4 is 5.32 Å². The highest BCUT2D eigenvalue weighted by atomic mass is 16.3. The summed E-state index contributed by atoms with van der Waals surface area (Å²) >= 11 is 0. The van der Waals surface area contributed by atoms with E-state index in [9.17, 15) is 9.90 Å². The fraction of sp³-hybridized carbons (Fsp3) is 0.562. The molecule has 0 heterocycles. The van der Waals surface area contributed by atoms with Crippen LogP contribution in [0.15, 0.2) is 24.3 Å². The summed E-state index contributed by atoms with van der Waals surface area (Å²) in [6, 6.07) is 7.94. The molecule has 1 unspecified atom stereocenters. The maximum atomic E-state index is 11.9. The molecule has 4 nitrogen and oxygen atoms in total. The lowest BCUT2D eigenvalue weighted by molar-refractivity contribution is -0.117. The third kappa shape index (κ3) is 6.17. The zero-order valence-corrected chi connectivity index (χ0v) is 12.9. The number of anilines is 1. The number of aliphatic hydroxyl groups is 1. The molecule has 0 aromatic heterocycles. The zero-order chi connectivity index (χ0) is 15.1. The lowest BCUT2D eigenvalue weighted by Crippen LogP contribution is -2.32. The predicted octanol–water partition coefficient (Wildman–Crippen LogP) is 2.45. The van der Waals surface area contributed by atoms with E-state index < -0.39 is 0 Å². The van der Waals surface area contributed by atoms with Crippen LogP contribution in [0.5, 0.6) is 0 Å². The number of nitrogens with one attached hydrogen (secondary N) is 1. The summed E-state index contributed by atoms with van der Waals surface area (Å²) in [6.45, 7) is 7.05. The molecule has 0 saturated carbocycles. The summed E-state index contributed by atoms with van der Waals surface area (Å²) < 4.78 is 0. The number of rotatable bonds is 7. The molecule has 0 aliphatic heterocycles. The number of carbonyl (C=O) groups excluding carboxylic acids is 1. The highest BCUT2D eigenvalue weighted by molar-refractivity contribution is 5.92. The first-order valence-corrected chi connectivity index (χ1v) is 7.15. The van der Waals surface area contributed by atoms with Crippen molar-refractivity contribution in [2.45, 2.75) is 39.2 Å². The Labute approximate surface area is 121 Å². The Balaban J connectivity index is 2.47. The van der Waals surface area contributed by atoms with E-state index in [2.05, 4.69) is 25.2 Å². The molecule has 0 aliphatic rings. The molecule has 1 amide bonds. The van der Waals surface area contributed by atoms with Gasteiger partial charge in [0.15, 0.2) is 0 Å². The number of hydrogen-bond donors (Lipinski definition) is 2. The molecule has 0 bridgehead atoms. The van der Waals surface area contributed by atoms with Crippen molar-refractivity contribution in [3.05, 3.63) is 29.8 Å². The Kier molecular flexibility index (Phi) is 6.68. The number of aliphatic hydroxyl groups excluding tert-OH is 1. The van der Waals surface area contributed by atoms with Crippen molar-refractivity contribution in [3.8, 4) is 0 Å². The van der Waals surface area contributed by atoms with Gasteiger partial charge in [0.1, 0.15) is 0 Å². The monoisotopic (exact) mass is 278 g/mol. The summed E-state index contributed by atoms with van der Waals surface area (Å²) in [5, 5.41) is 12.1. The summed E-state index contributed by atoms with van der Waals surface area (Å²) in [5.74, 6) is 0.416. The standard InChI is InChI=1S/C16H26N2O2/c1-12(2)14-6-5-7-15(10-14)17-16(20)11-18(4)9-8-13(3)19/h5-7,10,12-13,19H,8-9,11H2,1-4H3,(H,17,20). The molecule has 1 aromatic carbocycles. The maximum absolute atomic E-state index is 11.9. The highest BCUT2D eigenvalue weighted by Gasteiger charge is 2.08. The quantitative estimate of drug-likeness (QED) is 0.805. The van der Waals surface area contributed by atoms with Gasteiger partial charge in [-0.2, -0.15) is 0 Å². The number of benzene rings is 1. The Hall–Kier alpha value is -1.39. The predicted molar refractivity (Wildman–Crippen MR) is 83.0 cm³/mol. The molecule has 0 saturated heterocycles. The topological polar surface area (TPSA) is 52.6 Å². The molecule has 20 heavy (non-hydrogen) atoms. The van der Waals surface area contributed by atoms with Gasteiger partial charge in [-0.25, -0.2) is 0 Å². The van der Waals surface area contributed by atoms with Crippen LogP contribution in [0, 0.1) is 0 Å². The molecule has 0 aliphatic carbocycles. The average Bonchev–Trinajstić information content (AvgIpc) is 2.36. The van der Waals surface area contributed by atoms with E-state index in [4.69, 9.17) is 0 Å². The zero-order valence-electron chi connectivity index (χ0n) is 12.9. The SMILES string of the molecule is CC(O)CCN(C)CC(=O)Nc1cccc(C(C)C)c1. The van der Waals surface area contributed by atoms with Crippen LogP contribution >= 0.6 is 0 Å². The van der Waals surface area contributed by atoms with E-state index >= 15 is 0 Å². The van der Waals surface area contributed by atoms with Gasteiger partial charge in [-0.1, -0.05) is 26.0 Å². The first-order chi connectivity index (χ1) is 9.38. The van der Waals surface area contributed by atoms with Gasteiger partial charge in [-0.05, 0) is 44.0 Å². The summed E-state index contributed by atoms with van der Waals surface area (Å²) in [6.07, 6.45) is 0.343. The van der Waals surface area contributed by atoms with Crippen molar-refractivity contribution in [3.63, 3.8) is 0 Å². The van der Waals surface area contributed by atoms with Gasteiger partial charge in [0.2, 0.25) is 5.91 Å². The molecular formula is C16H26N2O2. The maximum Gasteiger partial charge on any atom is 0.238 e. The van der Waals surface area contributed by atoms with E-state index in [1.807, 2.05) is 30.1 Å². The van der Waals surface area contributed by atoms with E-state index in [1.54, 1.807) is 6.92 Å². The fourth-order valence-corrected chi connectivity index (χ4v) is 1.91. The summed E-state index contributed by atoms with van der Waals surface area (Å²) in [5.41, 5.74) is 2.05. The summed E-state index contributed by atoms with van der Waals surface area (Å²) in [7, 11) is 1.88. The molecule has 1 atom stereocenters. The van der Waals surface area contributed by atoms with Gasteiger partial charge in [0.05, 0.1) is 12.6 Å². The normalized spacial score (nSPS) is 12.8. The van der Waals surface area contributed by atoms with Crippen LogP contribution in [0.2, 0.25) is 0 Å². The average molecular weight is 278 g/mol. The molecule has 0 fully saturated rings. The first kappa shape index (κ1) is 16.7. The van der Waals surface area contributed by atoms with Crippen LogP contribution in [-0.2, 0) is 4.79 Å². The molecule has 0 radical (unpaired) electrons. The second-order valence-electron chi connectivity index (χ2n) is 5.70. The van der Waals surface area contributed by atoms with Crippen LogP contribution in [-0.4, -0.2) is 42.2 Å². The van der Waals surface area contributed by atoms with Crippen LogP contribution in [0.1, 0.15) is 38.7 Å².